The first-order valence-corrected chi connectivity index (χ1v) is 3.63. The molecule has 0 fully saturated rings. The van der Waals surface area contributed by atoms with Gasteiger partial charge in [0.05, 0.1) is 12.2 Å². The fraction of sp³-hybridized carbons (Fsp3) is 1.00. The van der Waals surface area contributed by atoms with E-state index in [1.165, 1.54) is 0 Å². The molecule has 0 radical (unpaired) electrons. The first kappa shape index (κ1) is 7.65. The van der Waals surface area contributed by atoms with Crippen LogP contribution in [0.15, 0.2) is 0 Å². The Kier molecular flexibility index (Phi) is 3.96. The highest BCUT2D eigenvalue weighted by Crippen LogP contribution is 1.95. The van der Waals surface area contributed by atoms with Crippen molar-refractivity contribution in [1.29, 1.82) is 0 Å². The lowest BCUT2D eigenvalue weighted by Gasteiger charge is -2.07. The van der Waals surface area contributed by atoms with E-state index >= 15 is 0 Å². The molecule has 2 atom stereocenters. The van der Waals surface area contributed by atoms with Gasteiger partial charge in [-0.1, -0.05) is 22.6 Å². The summed E-state index contributed by atoms with van der Waals surface area (Å²) in [5.74, 6) is 0. The van der Waals surface area contributed by atoms with Crippen molar-refractivity contribution in [3.05, 3.63) is 0 Å². The molecule has 0 rings (SSSR count). The van der Waals surface area contributed by atoms with Crippen LogP contribution < -0.4 is 0 Å². The molecule has 2 N–H and O–H groups in total. The number of rotatable bonds is 2. The Morgan fingerprint density at radius 3 is 2.00 bits per heavy atom. The third kappa shape index (κ3) is 3.25. The Bertz CT molecular complexity index is 47.0. The monoisotopic (exact) mass is 216 g/mol. The van der Waals surface area contributed by atoms with Crippen LogP contribution in [0.2, 0.25) is 0 Å². The molecule has 0 heterocycles. The van der Waals surface area contributed by atoms with Crippen molar-refractivity contribution in [2.24, 2.45) is 0 Å². The van der Waals surface area contributed by atoms with Crippen LogP contribution in [-0.2, 0) is 0 Å². The number of hydrogen-bond acceptors (Lipinski definition) is 2. The minimum Gasteiger partial charge on any atom is -0.391 e. The second-order valence-corrected chi connectivity index (χ2v) is 2.34. The van der Waals surface area contributed by atoms with E-state index in [-0.39, 0.29) is 0 Å². The lowest BCUT2D eigenvalue weighted by atomic mass is 10.3. The predicted octanol–water partition coefficient (Wildman–Crippen LogP) is 0.163. The molecule has 0 aliphatic carbocycles. The lowest BCUT2D eigenvalue weighted by Crippen LogP contribution is -2.23. The maximum absolute atomic E-state index is 8.68. The fourth-order valence-corrected chi connectivity index (χ4v) is 0.865. The highest BCUT2D eigenvalue weighted by molar-refractivity contribution is 14.1. The molecule has 0 aromatic carbocycles. The van der Waals surface area contributed by atoms with Crippen LogP contribution in [0.25, 0.3) is 0 Å². The van der Waals surface area contributed by atoms with E-state index in [2.05, 4.69) is 0 Å². The van der Waals surface area contributed by atoms with E-state index in [4.69, 9.17) is 10.2 Å². The third-order valence-electron chi connectivity index (χ3n) is 0.715. The van der Waals surface area contributed by atoms with Crippen LogP contribution in [0.5, 0.6) is 0 Å². The van der Waals surface area contributed by atoms with Gasteiger partial charge < -0.3 is 10.2 Å². The SMILES string of the molecule is CC(O)C(O)CI. The van der Waals surface area contributed by atoms with E-state index < -0.39 is 12.2 Å². The van der Waals surface area contributed by atoms with Gasteiger partial charge in [-0.25, -0.2) is 0 Å². The number of halogens is 1. The molecular formula is C4H9IO2. The van der Waals surface area contributed by atoms with Crippen LogP contribution >= 0.6 is 22.6 Å². The lowest BCUT2D eigenvalue weighted by molar-refractivity contribution is 0.0487. The van der Waals surface area contributed by atoms with Crippen molar-refractivity contribution in [2.75, 3.05) is 4.43 Å². The van der Waals surface area contributed by atoms with Gasteiger partial charge in [0.1, 0.15) is 0 Å². The summed E-state index contributed by atoms with van der Waals surface area (Å²) in [6.07, 6.45) is -1.14. The van der Waals surface area contributed by atoms with Crippen LogP contribution in [0.1, 0.15) is 6.92 Å². The molecule has 0 saturated heterocycles. The molecule has 0 aliphatic rings. The van der Waals surface area contributed by atoms with Crippen molar-refractivity contribution in [3.8, 4) is 0 Å². The molecule has 44 valence electrons. The molecule has 0 aromatic heterocycles. The molecule has 2 unspecified atom stereocenters. The van der Waals surface area contributed by atoms with Gasteiger partial charge in [-0.15, -0.1) is 0 Å². The average molecular weight is 216 g/mol. The molecule has 0 amide bonds. The highest BCUT2D eigenvalue weighted by atomic mass is 127. The summed E-state index contributed by atoms with van der Waals surface area (Å²) in [7, 11) is 0. The molecule has 7 heavy (non-hydrogen) atoms. The van der Waals surface area contributed by atoms with E-state index in [0.717, 1.165) is 0 Å². The maximum atomic E-state index is 8.68. The molecule has 0 bridgehead atoms. The molecule has 0 saturated carbocycles. The van der Waals surface area contributed by atoms with E-state index in [1.54, 1.807) is 6.92 Å². The summed E-state index contributed by atoms with van der Waals surface area (Å²) in [6, 6.07) is 0. The minimum absolute atomic E-state index is 0.555. The second kappa shape index (κ2) is 3.63. The van der Waals surface area contributed by atoms with Gasteiger partial charge in [0.2, 0.25) is 0 Å². The van der Waals surface area contributed by atoms with Gasteiger partial charge in [0.15, 0.2) is 0 Å². The van der Waals surface area contributed by atoms with Gasteiger partial charge in [-0.2, -0.15) is 0 Å². The van der Waals surface area contributed by atoms with Crippen molar-refractivity contribution < 1.29 is 10.2 Å². The zero-order valence-electron chi connectivity index (χ0n) is 4.13. The maximum Gasteiger partial charge on any atom is 0.0885 e. The Hall–Kier alpha value is 0.650. The summed E-state index contributed by atoms with van der Waals surface area (Å²) in [5.41, 5.74) is 0. The molecule has 0 aliphatic heterocycles. The smallest absolute Gasteiger partial charge is 0.0885 e. The molecule has 2 nitrogen and oxygen atoms in total. The van der Waals surface area contributed by atoms with E-state index in [9.17, 15) is 0 Å². The fourth-order valence-electron chi connectivity index (χ4n) is 0.129. The molecular weight excluding hydrogens is 207 g/mol. The second-order valence-electron chi connectivity index (χ2n) is 1.46. The van der Waals surface area contributed by atoms with Gasteiger partial charge in [-0.05, 0) is 6.92 Å². The first-order valence-electron chi connectivity index (χ1n) is 2.10. The molecule has 3 heteroatoms. The van der Waals surface area contributed by atoms with Crippen molar-refractivity contribution >= 4 is 22.6 Å². The number of aliphatic hydroxyl groups excluding tert-OH is 2. The third-order valence-corrected chi connectivity index (χ3v) is 1.62. The summed E-state index contributed by atoms with van der Waals surface area (Å²) >= 11 is 2.02. The largest absolute Gasteiger partial charge is 0.391 e. The summed E-state index contributed by atoms with van der Waals surface area (Å²) in [4.78, 5) is 0. The van der Waals surface area contributed by atoms with E-state index in [0.29, 0.717) is 4.43 Å². The van der Waals surface area contributed by atoms with Crippen LogP contribution in [-0.4, -0.2) is 26.8 Å². The summed E-state index contributed by atoms with van der Waals surface area (Å²) in [6.45, 7) is 1.57. The van der Waals surface area contributed by atoms with Gasteiger partial charge in [0.25, 0.3) is 0 Å². The van der Waals surface area contributed by atoms with Crippen molar-refractivity contribution in [2.45, 2.75) is 19.1 Å². The highest BCUT2D eigenvalue weighted by Gasteiger charge is 2.06. The normalized spacial score (nSPS) is 18.9. The topological polar surface area (TPSA) is 40.5 Å². The standard InChI is InChI=1S/C4H9IO2/c1-3(6)4(7)2-5/h3-4,6-7H,2H2,1H3. The quantitative estimate of drug-likeness (QED) is 0.510. The van der Waals surface area contributed by atoms with Crippen molar-refractivity contribution in [3.63, 3.8) is 0 Å². The van der Waals surface area contributed by atoms with Crippen LogP contribution in [0, 0.1) is 0 Å². The van der Waals surface area contributed by atoms with Gasteiger partial charge in [-0.3, -0.25) is 0 Å². The Balaban J connectivity index is 3.14. The van der Waals surface area contributed by atoms with Gasteiger partial charge >= 0.3 is 0 Å². The zero-order chi connectivity index (χ0) is 5.86. The first-order chi connectivity index (χ1) is 3.18. The van der Waals surface area contributed by atoms with Gasteiger partial charge in [0, 0.05) is 4.43 Å². The van der Waals surface area contributed by atoms with Crippen LogP contribution in [0.3, 0.4) is 0 Å². The van der Waals surface area contributed by atoms with E-state index in [1.807, 2.05) is 22.6 Å². The summed E-state index contributed by atoms with van der Waals surface area (Å²) < 4.78 is 0.593. The number of alkyl halides is 1. The Morgan fingerprint density at radius 1 is 1.57 bits per heavy atom. The Morgan fingerprint density at radius 2 is 2.00 bits per heavy atom. The Labute approximate surface area is 56.7 Å². The predicted molar refractivity (Wildman–Crippen MR) is 36.6 cm³/mol. The summed E-state index contributed by atoms with van der Waals surface area (Å²) in [5, 5.41) is 17.2. The van der Waals surface area contributed by atoms with Crippen molar-refractivity contribution in [1.82, 2.24) is 0 Å². The number of hydrogen-bond donors (Lipinski definition) is 2. The number of aliphatic hydroxyl groups is 2. The minimum atomic E-state index is -0.586. The van der Waals surface area contributed by atoms with Crippen LogP contribution in [0.4, 0.5) is 0 Å². The zero-order valence-corrected chi connectivity index (χ0v) is 6.29. The average Bonchev–Trinajstić information content (AvgIpc) is 1.65. The molecule has 0 aromatic rings. The molecule has 0 spiro atoms.